The molecule has 0 radical (unpaired) electrons. The molecule has 0 atom stereocenters. The number of sulfonamides is 1. The molecule has 2 aromatic carbocycles. The van der Waals surface area contributed by atoms with Gasteiger partial charge in [-0.05, 0) is 24.3 Å². The van der Waals surface area contributed by atoms with E-state index < -0.39 is 28.5 Å². The number of hydrogen-bond acceptors (Lipinski definition) is 7. The van der Waals surface area contributed by atoms with Gasteiger partial charge in [0.25, 0.3) is 15.9 Å². The molecule has 1 saturated heterocycles. The number of hydrogen-bond donors (Lipinski definition) is 2. The monoisotopic (exact) mass is 450 g/mol. The van der Waals surface area contributed by atoms with Crippen LogP contribution in [-0.2, 0) is 19.6 Å². The zero-order valence-corrected chi connectivity index (χ0v) is 17.1. The molecule has 0 aliphatic carbocycles. The molecule has 1 heterocycles. The minimum Gasteiger partial charge on any atom is -0.481 e. The van der Waals surface area contributed by atoms with Gasteiger partial charge in [0.1, 0.15) is 5.75 Å². The van der Waals surface area contributed by atoms with Gasteiger partial charge in [-0.1, -0.05) is 60.4 Å². The largest absolute Gasteiger partial charge is 0.481 e. The number of carboxylic acids is 1. The highest BCUT2D eigenvalue weighted by Crippen LogP contribution is 2.33. The number of ether oxygens (including phenoxy) is 1. The van der Waals surface area contributed by atoms with Gasteiger partial charge in [-0.2, -0.15) is 0 Å². The van der Waals surface area contributed by atoms with Crippen LogP contribution in [0.25, 0.3) is 6.08 Å². The first-order valence-electron chi connectivity index (χ1n) is 8.07. The molecule has 0 saturated carbocycles. The maximum atomic E-state index is 12.7. The van der Waals surface area contributed by atoms with E-state index in [9.17, 15) is 18.0 Å². The number of hydrazine groups is 1. The lowest BCUT2D eigenvalue weighted by Crippen LogP contribution is -2.44. The number of amides is 1. The van der Waals surface area contributed by atoms with E-state index in [0.29, 0.717) is 5.56 Å². The van der Waals surface area contributed by atoms with Crippen LogP contribution in [0.15, 0.2) is 64.4 Å². The van der Waals surface area contributed by atoms with Crippen LogP contribution in [0.2, 0.25) is 0 Å². The minimum atomic E-state index is -4.00. The van der Waals surface area contributed by atoms with Crippen LogP contribution >= 0.6 is 24.0 Å². The van der Waals surface area contributed by atoms with Gasteiger partial charge in [0.05, 0.1) is 9.80 Å². The first-order valence-corrected chi connectivity index (χ1v) is 10.8. The van der Waals surface area contributed by atoms with E-state index in [0.717, 1.165) is 16.8 Å². The van der Waals surface area contributed by atoms with Crippen molar-refractivity contribution in [2.24, 2.45) is 0 Å². The van der Waals surface area contributed by atoms with Gasteiger partial charge in [-0.15, -0.1) is 4.83 Å². The molecule has 1 aliphatic heterocycles. The number of para-hydroxylation sites is 1. The molecule has 1 fully saturated rings. The minimum absolute atomic E-state index is 0.00885. The summed E-state index contributed by atoms with van der Waals surface area (Å²) in [5.41, 5.74) is 0.458. The van der Waals surface area contributed by atoms with Crippen LogP contribution in [0, 0.1) is 0 Å². The van der Waals surface area contributed by atoms with Gasteiger partial charge >= 0.3 is 5.97 Å². The molecule has 0 aromatic heterocycles. The number of benzene rings is 2. The Morgan fingerprint density at radius 3 is 2.52 bits per heavy atom. The first-order chi connectivity index (χ1) is 13.8. The molecule has 0 spiro atoms. The van der Waals surface area contributed by atoms with Crippen LogP contribution < -0.4 is 9.57 Å². The number of rotatable bonds is 7. The average Bonchev–Trinajstić information content (AvgIpc) is 2.95. The van der Waals surface area contributed by atoms with Crippen molar-refractivity contribution < 1.29 is 27.9 Å². The highest BCUT2D eigenvalue weighted by atomic mass is 32.2. The molecule has 0 unspecified atom stereocenters. The first kappa shape index (κ1) is 21.0. The molecule has 0 bridgehead atoms. The summed E-state index contributed by atoms with van der Waals surface area (Å²) in [6.45, 7) is -0.539. The lowest BCUT2D eigenvalue weighted by molar-refractivity contribution is -0.139. The van der Waals surface area contributed by atoms with E-state index in [1.165, 1.54) is 18.2 Å². The normalized spacial score (nSPS) is 15.7. The molecule has 150 valence electrons. The second-order valence-corrected chi connectivity index (χ2v) is 8.98. The summed E-state index contributed by atoms with van der Waals surface area (Å²) in [5.74, 6) is -1.51. The number of thioether (sulfide) groups is 1. The summed E-state index contributed by atoms with van der Waals surface area (Å²) in [5, 5.41) is 9.56. The van der Waals surface area contributed by atoms with Crippen molar-refractivity contribution in [3.63, 3.8) is 0 Å². The number of aliphatic carboxylic acids is 1. The average molecular weight is 451 g/mol. The van der Waals surface area contributed by atoms with Crippen molar-refractivity contribution in [2.75, 3.05) is 6.61 Å². The lowest BCUT2D eigenvalue weighted by atomic mass is 10.2. The topological polar surface area (TPSA) is 113 Å². The van der Waals surface area contributed by atoms with Gasteiger partial charge in [0.15, 0.2) is 10.9 Å². The maximum Gasteiger partial charge on any atom is 0.341 e. The lowest BCUT2D eigenvalue weighted by Gasteiger charge is -2.15. The van der Waals surface area contributed by atoms with Crippen LogP contribution in [0.5, 0.6) is 5.75 Å². The zero-order chi connectivity index (χ0) is 21.0. The van der Waals surface area contributed by atoms with E-state index in [2.05, 4.69) is 4.83 Å². The van der Waals surface area contributed by atoms with Gasteiger partial charge < -0.3 is 9.84 Å². The van der Waals surface area contributed by atoms with E-state index in [4.69, 9.17) is 22.1 Å². The Morgan fingerprint density at radius 1 is 1.17 bits per heavy atom. The van der Waals surface area contributed by atoms with Crippen molar-refractivity contribution in [2.45, 2.75) is 4.90 Å². The Hall–Kier alpha value is -2.73. The summed E-state index contributed by atoms with van der Waals surface area (Å²) < 4.78 is 30.2. The van der Waals surface area contributed by atoms with E-state index >= 15 is 0 Å². The highest BCUT2D eigenvalue weighted by molar-refractivity contribution is 8.26. The number of nitrogens with one attached hydrogen (secondary N) is 1. The number of carbonyl (C=O) groups excluding carboxylic acids is 1. The van der Waals surface area contributed by atoms with Gasteiger partial charge in [-0.25, -0.2) is 18.2 Å². The molecule has 3 rings (SSSR count). The molecule has 8 nitrogen and oxygen atoms in total. The highest BCUT2D eigenvalue weighted by Gasteiger charge is 2.35. The molecule has 1 amide bonds. The van der Waals surface area contributed by atoms with Crippen molar-refractivity contribution in [3.05, 3.63) is 65.1 Å². The third-order valence-corrected chi connectivity index (χ3v) is 6.23. The van der Waals surface area contributed by atoms with Crippen molar-refractivity contribution in [3.8, 4) is 5.75 Å². The molecule has 29 heavy (non-hydrogen) atoms. The smallest absolute Gasteiger partial charge is 0.341 e. The third-order valence-electron chi connectivity index (χ3n) is 3.62. The Morgan fingerprint density at radius 2 is 1.83 bits per heavy atom. The third kappa shape index (κ3) is 5.01. The number of nitrogens with zero attached hydrogens (tertiary/aromatic N) is 1. The molecule has 2 N–H and O–H groups in total. The summed E-state index contributed by atoms with van der Waals surface area (Å²) >= 11 is 6.05. The summed E-state index contributed by atoms with van der Waals surface area (Å²) in [7, 11) is -4.00. The summed E-state index contributed by atoms with van der Waals surface area (Å²) in [4.78, 5) is 25.8. The standard InChI is InChI=1S/C18H14N2O6S3/c21-16(22)11-26-14-9-5-4-6-12(14)10-15-17(23)20(18(27)28-15)19-29(24,25)13-7-2-1-3-8-13/h1-10,19H,11H2,(H,21,22)/b15-10+. The fraction of sp³-hybridized carbons (Fsp3) is 0.0556. The number of thiocarbonyl (C=S) groups is 1. The Kier molecular flexibility index (Phi) is 6.33. The van der Waals surface area contributed by atoms with E-state index in [1.54, 1.807) is 42.5 Å². The summed E-state index contributed by atoms with van der Waals surface area (Å²) in [6, 6.07) is 14.1. The fourth-order valence-corrected chi connectivity index (χ4v) is 4.65. The second kappa shape index (κ2) is 8.74. The fourth-order valence-electron chi connectivity index (χ4n) is 2.33. The summed E-state index contributed by atoms with van der Waals surface area (Å²) in [6.07, 6.45) is 1.47. The molecular formula is C18H14N2O6S3. The van der Waals surface area contributed by atoms with Crippen LogP contribution in [0.4, 0.5) is 0 Å². The quantitative estimate of drug-likeness (QED) is 0.488. The van der Waals surface area contributed by atoms with Gasteiger partial charge in [-0.3, -0.25) is 4.79 Å². The van der Waals surface area contributed by atoms with Crippen LogP contribution in [0.1, 0.15) is 5.56 Å². The maximum absolute atomic E-state index is 12.7. The van der Waals surface area contributed by atoms with Crippen LogP contribution in [0.3, 0.4) is 0 Å². The van der Waals surface area contributed by atoms with Crippen molar-refractivity contribution in [1.29, 1.82) is 0 Å². The molecule has 1 aliphatic rings. The van der Waals surface area contributed by atoms with E-state index in [-0.39, 0.29) is 19.9 Å². The number of carbonyl (C=O) groups is 2. The Bertz CT molecular complexity index is 1100. The van der Waals surface area contributed by atoms with Gasteiger partial charge in [0, 0.05) is 5.56 Å². The molecular weight excluding hydrogens is 436 g/mol. The predicted octanol–water partition coefficient (Wildman–Crippen LogP) is 2.24. The predicted molar refractivity (Wildman–Crippen MR) is 111 cm³/mol. The Labute approximate surface area is 176 Å². The second-order valence-electron chi connectivity index (χ2n) is 5.65. The van der Waals surface area contributed by atoms with Crippen molar-refractivity contribution in [1.82, 2.24) is 9.84 Å². The Balaban J connectivity index is 1.83. The SMILES string of the molecule is O=C(O)COc1ccccc1/C=C1/SC(=S)N(NS(=O)(=O)c2ccccc2)C1=O. The molecule has 11 heteroatoms. The van der Waals surface area contributed by atoms with Crippen LogP contribution in [-0.4, -0.2) is 41.3 Å². The zero-order valence-electron chi connectivity index (χ0n) is 14.6. The molecule has 2 aromatic rings. The van der Waals surface area contributed by atoms with Gasteiger partial charge in [0.2, 0.25) is 0 Å². The van der Waals surface area contributed by atoms with E-state index in [1.807, 2.05) is 0 Å². The number of carboxylic acid groups (broad SMARTS) is 1. The van der Waals surface area contributed by atoms with Crippen molar-refractivity contribution >= 4 is 56.3 Å².